The van der Waals surface area contributed by atoms with Crippen molar-refractivity contribution in [1.82, 2.24) is 4.90 Å². The smallest absolute Gasteiger partial charge is 0.290 e. The third kappa shape index (κ3) is 3.71. The molecule has 0 spiro atoms. The number of hydrogen-bond donors (Lipinski definition) is 4. The first-order valence-corrected chi connectivity index (χ1v) is 8.25. The largest absolute Gasteiger partial charge is 0.463 e. The van der Waals surface area contributed by atoms with E-state index in [1.165, 1.54) is 30.6 Å². The maximum Gasteiger partial charge on any atom is 0.290 e. The molecule has 0 unspecified atom stereocenters. The molecule has 0 aromatic rings. The lowest BCUT2D eigenvalue weighted by molar-refractivity contribution is -0.190. The summed E-state index contributed by atoms with van der Waals surface area (Å²) in [4.78, 5) is 5.70. The summed E-state index contributed by atoms with van der Waals surface area (Å²) in [6, 6.07) is -0.326. The van der Waals surface area contributed by atoms with Gasteiger partial charge in [0.25, 0.3) is 6.02 Å². The summed E-state index contributed by atoms with van der Waals surface area (Å²) in [5.41, 5.74) is 0. The molecule has 2 saturated heterocycles. The summed E-state index contributed by atoms with van der Waals surface area (Å²) in [6.45, 7) is 2.92. The number of aliphatic hydroxyl groups is 4. The van der Waals surface area contributed by atoms with E-state index in [4.69, 9.17) is 4.74 Å². The monoisotopic (exact) mass is 316 g/mol. The second kappa shape index (κ2) is 8.10. The second-order valence-corrected chi connectivity index (χ2v) is 6.10. The van der Waals surface area contributed by atoms with Crippen LogP contribution in [-0.2, 0) is 4.74 Å². The highest BCUT2D eigenvalue weighted by molar-refractivity contribution is 5.76. The van der Waals surface area contributed by atoms with Gasteiger partial charge in [-0.05, 0) is 6.42 Å². The molecule has 5 atom stereocenters. The van der Waals surface area contributed by atoms with Crippen LogP contribution in [-0.4, -0.2) is 75.1 Å². The minimum absolute atomic E-state index is 0.150. The van der Waals surface area contributed by atoms with E-state index in [0.717, 1.165) is 12.8 Å². The van der Waals surface area contributed by atoms with Crippen LogP contribution in [0.3, 0.4) is 0 Å². The Morgan fingerprint density at radius 1 is 1.00 bits per heavy atom. The molecule has 2 aliphatic rings. The summed E-state index contributed by atoms with van der Waals surface area (Å²) >= 11 is 0. The van der Waals surface area contributed by atoms with Gasteiger partial charge < -0.3 is 25.2 Å². The lowest BCUT2D eigenvalue weighted by Crippen LogP contribution is -2.65. The number of hydrogen-bond acceptors (Lipinski definition) is 6. The van der Waals surface area contributed by atoms with E-state index in [1.54, 1.807) is 0 Å². The maximum atomic E-state index is 10.1. The lowest BCUT2D eigenvalue weighted by Gasteiger charge is -2.42. The zero-order valence-corrected chi connectivity index (χ0v) is 13.1. The summed E-state index contributed by atoms with van der Waals surface area (Å²) in [6.07, 6.45) is 1.67. The van der Waals surface area contributed by atoms with Crippen molar-refractivity contribution in [2.75, 3.05) is 13.2 Å². The van der Waals surface area contributed by atoms with E-state index in [9.17, 15) is 20.4 Å². The molecule has 2 aliphatic heterocycles. The van der Waals surface area contributed by atoms with Crippen molar-refractivity contribution in [3.8, 4) is 0 Å². The Kier molecular flexibility index (Phi) is 6.43. The third-order valence-electron chi connectivity index (χ3n) is 4.40. The molecule has 0 aliphatic carbocycles. The summed E-state index contributed by atoms with van der Waals surface area (Å²) in [5, 5.41) is 39.4. The van der Waals surface area contributed by atoms with Gasteiger partial charge in [-0.15, -0.1) is 0 Å². The van der Waals surface area contributed by atoms with Gasteiger partial charge in [0, 0.05) is 6.54 Å². The highest BCUT2D eigenvalue weighted by Gasteiger charge is 2.52. The number of fused-ring (bicyclic) bond motifs is 1. The third-order valence-corrected chi connectivity index (χ3v) is 4.40. The van der Waals surface area contributed by atoms with Gasteiger partial charge in [0.15, 0.2) is 6.23 Å². The molecule has 128 valence electrons. The molecule has 4 N–H and O–H groups in total. The van der Waals surface area contributed by atoms with E-state index in [2.05, 4.69) is 11.9 Å². The predicted octanol–water partition coefficient (Wildman–Crippen LogP) is -0.182. The maximum absolute atomic E-state index is 10.1. The Bertz CT molecular complexity index is 379. The molecule has 22 heavy (non-hydrogen) atoms. The zero-order valence-electron chi connectivity index (χ0n) is 13.1. The fourth-order valence-corrected chi connectivity index (χ4v) is 2.99. The van der Waals surface area contributed by atoms with Crippen molar-refractivity contribution in [1.29, 1.82) is 0 Å². The Morgan fingerprint density at radius 3 is 2.41 bits per heavy atom. The van der Waals surface area contributed by atoms with Crippen LogP contribution in [0.2, 0.25) is 0 Å². The van der Waals surface area contributed by atoms with Gasteiger partial charge in [-0.1, -0.05) is 39.0 Å². The first-order valence-electron chi connectivity index (χ1n) is 8.25. The number of unbranched alkanes of at least 4 members (excludes halogenated alkanes) is 5. The van der Waals surface area contributed by atoms with Crippen LogP contribution in [0.15, 0.2) is 4.99 Å². The molecule has 0 saturated carbocycles. The van der Waals surface area contributed by atoms with Crippen LogP contribution in [0, 0.1) is 0 Å². The van der Waals surface area contributed by atoms with Crippen LogP contribution < -0.4 is 0 Å². The summed E-state index contributed by atoms with van der Waals surface area (Å²) in [7, 11) is 0. The van der Waals surface area contributed by atoms with Gasteiger partial charge >= 0.3 is 0 Å². The summed E-state index contributed by atoms with van der Waals surface area (Å²) in [5.74, 6) is 0. The number of nitrogens with zero attached hydrogens (tertiary/aromatic N) is 2. The van der Waals surface area contributed by atoms with Crippen LogP contribution in [0.5, 0.6) is 0 Å². The molecule has 0 bridgehead atoms. The molecular formula is C15H28N2O5. The van der Waals surface area contributed by atoms with Crippen molar-refractivity contribution in [3.05, 3.63) is 0 Å². The SMILES string of the molecule is CCCCCCCC/N=C1/OC[C@@H]2[C@@H](O)[C@H](O)[C@@H](O)[C@@H](O)N12. The minimum Gasteiger partial charge on any atom is -0.463 e. The Hall–Kier alpha value is -0.890. The topological polar surface area (TPSA) is 106 Å². The Labute approximate surface area is 131 Å². The van der Waals surface area contributed by atoms with Crippen molar-refractivity contribution in [2.24, 2.45) is 4.99 Å². The number of ether oxygens (including phenoxy) is 1. The number of rotatable bonds is 7. The number of aliphatic imine (C=N–C) groups is 1. The Morgan fingerprint density at radius 2 is 1.68 bits per heavy atom. The fraction of sp³-hybridized carbons (Fsp3) is 0.933. The van der Waals surface area contributed by atoms with Gasteiger partial charge in [0.1, 0.15) is 24.9 Å². The molecule has 0 aromatic carbocycles. The van der Waals surface area contributed by atoms with E-state index >= 15 is 0 Å². The van der Waals surface area contributed by atoms with Crippen molar-refractivity contribution in [2.45, 2.75) is 76.0 Å². The van der Waals surface area contributed by atoms with Gasteiger partial charge in [0.05, 0.1) is 6.04 Å². The van der Waals surface area contributed by atoms with Gasteiger partial charge in [-0.2, -0.15) is 0 Å². The number of piperidine rings is 1. The first-order chi connectivity index (χ1) is 10.6. The van der Waals surface area contributed by atoms with E-state index in [0.29, 0.717) is 6.54 Å². The average Bonchev–Trinajstić information content (AvgIpc) is 2.94. The van der Waals surface area contributed by atoms with E-state index in [-0.39, 0.29) is 12.6 Å². The highest BCUT2D eigenvalue weighted by Crippen LogP contribution is 2.28. The molecular weight excluding hydrogens is 288 g/mol. The molecule has 2 heterocycles. The van der Waals surface area contributed by atoms with Crippen LogP contribution in [0.4, 0.5) is 0 Å². The summed E-state index contributed by atoms with van der Waals surface area (Å²) < 4.78 is 5.42. The standard InChI is InChI=1S/C15H28N2O5/c1-2-3-4-5-6-7-8-16-15-17-10(9-22-15)11(18)12(19)13(20)14(17)21/h10-14,18-21H,2-9H2,1H3/b16-15+/t10-,11-,12+,13-,14-/m1/s1. The first kappa shape index (κ1) is 17.5. The normalized spacial score (nSPS) is 36.5. The fourth-order valence-electron chi connectivity index (χ4n) is 2.99. The predicted molar refractivity (Wildman–Crippen MR) is 81.3 cm³/mol. The molecule has 7 nitrogen and oxygen atoms in total. The minimum atomic E-state index is -1.44. The highest BCUT2D eigenvalue weighted by atomic mass is 16.5. The molecule has 0 aromatic heterocycles. The molecule has 0 amide bonds. The zero-order chi connectivity index (χ0) is 16.1. The quantitative estimate of drug-likeness (QED) is 0.486. The second-order valence-electron chi connectivity index (χ2n) is 6.10. The van der Waals surface area contributed by atoms with Crippen molar-refractivity contribution >= 4 is 6.02 Å². The average molecular weight is 316 g/mol. The van der Waals surface area contributed by atoms with E-state index < -0.39 is 30.6 Å². The number of aliphatic hydroxyl groups excluding tert-OH is 4. The van der Waals surface area contributed by atoms with Crippen LogP contribution in [0.1, 0.15) is 45.4 Å². The molecule has 2 rings (SSSR count). The van der Waals surface area contributed by atoms with Crippen molar-refractivity contribution in [3.63, 3.8) is 0 Å². The lowest BCUT2D eigenvalue weighted by atomic mass is 9.94. The molecule has 2 fully saturated rings. The van der Waals surface area contributed by atoms with E-state index in [1.807, 2.05) is 0 Å². The number of amidine groups is 1. The molecule has 7 heteroatoms. The van der Waals surface area contributed by atoms with Crippen LogP contribution >= 0.6 is 0 Å². The van der Waals surface area contributed by atoms with Gasteiger partial charge in [-0.25, -0.2) is 4.99 Å². The molecule has 0 radical (unpaired) electrons. The van der Waals surface area contributed by atoms with Crippen LogP contribution in [0.25, 0.3) is 0 Å². The van der Waals surface area contributed by atoms with Gasteiger partial charge in [0.2, 0.25) is 0 Å². The van der Waals surface area contributed by atoms with Crippen molar-refractivity contribution < 1.29 is 25.2 Å². The van der Waals surface area contributed by atoms with Gasteiger partial charge in [-0.3, -0.25) is 4.90 Å². The Balaban J connectivity index is 1.84.